The SMILES string of the molecule is OCc1c(-c2c(O)cccc2OCC=Cc2ccccc2)ccc2c1OCO2. The van der Waals surface area contributed by atoms with Gasteiger partial charge in [0.15, 0.2) is 11.5 Å². The topological polar surface area (TPSA) is 68.2 Å². The molecule has 0 bridgehead atoms. The van der Waals surface area contributed by atoms with E-state index in [9.17, 15) is 10.2 Å². The fourth-order valence-electron chi connectivity index (χ4n) is 3.22. The van der Waals surface area contributed by atoms with Crippen LogP contribution in [0.25, 0.3) is 17.2 Å². The molecule has 0 unspecified atom stereocenters. The van der Waals surface area contributed by atoms with Crippen molar-refractivity contribution in [2.75, 3.05) is 13.4 Å². The molecule has 0 spiro atoms. The van der Waals surface area contributed by atoms with Crippen LogP contribution in [0.3, 0.4) is 0 Å². The van der Waals surface area contributed by atoms with Crippen molar-refractivity contribution in [3.8, 4) is 34.1 Å². The van der Waals surface area contributed by atoms with Gasteiger partial charge in [-0.05, 0) is 41.5 Å². The maximum atomic E-state index is 10.5. The van der Waals surface area contributed by atoms with E-state index in [-0.39, 0.29) is 19.1 Å². The van der Waals surface area contributed by atoms with Gasteiger partial charge in [0.1, 0.15) is 18.1 Å². The van der Waals surface area contributed by atoms with Gasteiger partial charge in [-0.25, -0.2) is 0 Å². The summed E-state index contributed by atoms with van der Waals surface area (Å²) in [5.74, 6) is 1.67. The molecule has 0 radical (unpaired) electrons. The predicted octanol–water partition coefficient (Wildman–Crippen LogP) is 4.37. The normalized spacial score (nSPS) is 12.5. The number of phenolic OH excluding ortho intramolecular Hbond substituents is 1. The van der Waals surface area contributed by atoms with Crippen molar-refractivity contribution in [1.29, 1.82) is 0 Å². The quantitative estimate of drug-likeness (QED) is 0.669. The van der Waals surface area contributed by atoms with Gasteiger partial charge in [-0.3, -0.25) is 0 Å². The molecule has 0 aromatic heterocycles. The lowest BCUT2D eigenvalue weighted by atomic mass is 9.97. The third-order valence-electron chi connectivity index (χ3n) is 4.52. The van der Waals surface area contributed by atoms with Gasteiger partial charge < -0.3 is 24.4 Å². The van der Waals surface area contributed by atoms with E-state index in [1.54, 1.807) is 30.3 Å². The molecule has 0 saturated carbocycles. The summed E-state index contributed by atoms with van der Waals surface area (Å²) in [6.45, 7) is 0.202. The van der Waals surface area contributed by atoms with E-state index < -0.39 is 0 Å². The van der Waals surface area contributed by atoms with Crippen molar-refractivity contribution < 1.29 is 24.4 Å². The number of aliphatic hydroxyl groups is 1. The summed E-state index contributed by atoms with van der Waals surface area (Å²) >= 11 is 0. The number of phenols is 1. The Morgan fingerprint density at radius 3 is 2.64 bits per heavy atom. The van der Waals surface area contributed by atoms with Gasteiger partial charge in [-0.2, -0.15) is 0 Å². The maximum absolute atomic E-state index is 10.5. The molecule has 1 aliphatic rings. The second-order valence-corrected chi connectivity index (χ2v) is 6.26. The molecule has 28 heavy (non-hydrogen) atoms. The third-order valence-corrected chi connectivity index (χ3v) is 4.52. The highest BCUT2D eigenvalue weighted by molar-refractivity contribution is 5.81. The summed E-state index contributed by atoms with van der Waals surface area (Å²) in [4.78, 5) is 0. The zero-order valence-electron chi connectivity index (χ0n) is 15.2. The summed E-state index contributed by atoms with van der Waals surface area (Å²) in [7, 11) is 0. The average Bonchev–Trinajstić information content (AvgIpc) is 3.20. The van der Waals surface area contributed by atoms with Crippen LogP contribution in [0.1, 0.15) is 11.1 Å². The summed E-state index contributed by atoms with van der Waals surface area (Å²) < 4.78 is 16.8. The minimum absolute atomic E-state index is 0.0677. The van der Waals surface area contributed by atoms with E-state index in [0.717, 1.165) is 5.56 Å². The smallest absolute Gasteiger partial charge is 0.231 e. The first-order chi connectivity index (χ1) is 13.8. The summed E-state index contributed by atoms with van der Waals surface area (Å²) in [6, 6.07) is 18.6. The third kappa shape index (κ3) is 3.52. The van der Waals surface area contributed by atoms with Gasteiger partial charge in [0.2, 0.25) is 6.79 Å². The number of benzene rings is 3. The summed E-state index contributed by atoms with van der Waals surface area (Å²) in [6.07, 6.45) is 3.89. The van der Waals surface area contributed by atoms with Crippen molar-refractivity contribution in [3.63, 3.8) is 0 Å². The van der Waals surface area contributed by atoms with Crippen LogP contribution < -0.4 is 14.2 Å². The molecule has 1 heterocycles. The minimum Gasteiger partial charge on any atom is -0.507 e. The molecule has 1 aliphatic heterocycles. The molecule has 0 amide bonds. The van der Waals surface area contributed by atoms with E-state index in [4.69, 9.17) is 14.2 Å². The lowest BCUT2D eigenvalue weighted by Crippen LogP contribution is -1.99. The Morgan fingerprint density at radius 1 is 0.964 bits per heavy atom. The van der Waals surface area contributed by atoms with Crippen LogP contribution in [0.15, 0.2) is 66.7 Å². The Balaban J connectivity index is 1.63. The first kappa shape index (κ1) is 17.9. The van der Waals surface area contributed by atoms with Crippen molar-refractivity contribution >= 4 is 6.08 Å². The van der Waals surface area contributed by atoms with Gasteiger partial charge in [0, 0.05) is 5.56 Å². The van der Waals surface area contributed by atoms with E-state index in [1.807, 2.05) is 42.5 Å². The van der Waals surface area contributed by atoms with Gasteiger partial charge in [0.25, 0.3) is 0 Å². The Bertz CT molecular complexity index is 995. The van der Waals surface area contributed by atoms with E-state index in [2.05, 4.69) is 0 Å². The largest absolute Gasteiger partial charge is 0.507 e. The molecule has 5 nitrogen and oxygen atoms in total. The Hall–Kier alpha value is -3.44. The van der Waals surface area contributed by atoms with E-state index in [1.165, 1.54) is 0 Å². The van der Waals surface area contributed by atoms with Gasteiger partial charge in [-0.1, -0.05) is 42.5 Å². The summed E-state index contributed by atoms with van der Waals surface area (Å²) in [5, 5.41) is 20.4. The van der Waals surface area contributed by atoms with Crippen molar-refractivity contribution in [1.82, 2.24) is 0 Å². The van der Waals surface area contributed by atoms with Crippen LogP contribution in [-0.4, -0.2) is 23.6 Å². The van der Waals surface area contributed by atoms with Gasteiger partial charge in [-0.15, -0.1) is 0 Å². The Labute approximate surface area is 163 Å². The van der Waals surface area contributed by atoms with Gasteiger partial charge in [0.05, 0.1) is 12.2 Å². The van der Waals surface area contributed by atoms with Crippen LogP contribution in [0.2, 0.25) is 0 Å². The van der Waals surface area contributed by atoms with Crippen molar-refractivity contribution in [3.05, 3.63) is 77.9 Å². The number of fused-ring (bicyclic) bond motifs is 1. The molecule has 0 atom stereocenters. The van der Waals surface area contributed by atoms with Crippen LogP contribution in [0.5, 0.6) is 23.0 Å². The molecule has 2 N–H and O–H groups in total. The zero-order valence-corrected chi connectivity index (χ0v) is 15.2. The monoisotopic (exact) mass is 376 g/mol. The fourth-order valence-corrected chi connectivity index (χ4v) is 3.22. The van der Waals surface area contributed by atoms with Crippen molar-refractivity contribution in [2.45, 2.75) is 6.61 Å². The lowest BCUT2D eigenvalue weighted by Gasteiger charge is -2.16. The van der Waals surface area contributed by atoms with E-state index >= 15 is 0 Å². The molecule has 3 aromatic rings. The molecule has 3 aromatic carbocycles. The number of hydrogen-bond donors (Lipinski definition) is 2. The number of aromatic hydroxyl groups is 1. The molecule has 0 saturated heterocycles. The van der Waals surface area contributed by atoms with Crippen LogP contribution >= 0.6 is 0 Å². The molecule has 5 heteroatoms. The molecule has 4 rings (SSSR count). The highest BCUT2D eigenvalue weighted by atomic mass is 16.7. The molecular formula is C23H20O5. The van der Waals surface area contributed by atoms with Crippen molar-refractivity contribution in [2.24, 2.45) is 0 Å². The number of rotatable bonds is 6. The highest BCUT2D eigenvalue weighted by Crippen LogP contribution is 2.46. The van der Waals surface area contributed by atoms with E-state index in [0.29, 0.717) is 40.5 Å². The number of hydrogen-bond acceptors (Lipinski definition) is 5. The molecular weight excluding hydrogens is 356 g/mol. The number of aliphatic hydroxyl groups excluding tert-OH is 1. The number of ether oxygens (including phenoxy) is 3. The molecule has 142 valence electrons. The second-order valence-electron chi connectivity index (χ2n) is 6.26. The Kier molecular flexibility index (Phi) is 5.17. The molecule has 0 fully saturated rings. The van der Waals surface area contributed by atoms with Crippen LogP contribution in [-0.2, 0) is 6.61 Å². The minimum atomic E-state index is -0.246. The second kappa shape index (κ2) is 8.06. The van der Waals surface area contributed by atoms with Gasteiger partial charge >= 0.3 is 0 Å². The first-order valence-electron chi connectivity index (χ1n) is 8.97. The standard InChI is InChI=1S/C23H20O5/c24-14-18-17(11-12-21-23(18)28-15-27-21)22-19(25)9-4-10-20(22)26-13-5-8-16-6-2-1-3-7-16/h1-12,24-25H,13-15H2. The first-order valence-corrected chi connectivity index (χ1v) is 8.97. The Morgan fingerprint density at radius 2 is 1.82 bits per heavy atom. The zero-order chi connectivity index (χ0) is 19.3. The molecule has 0 aliphatic carbocycles. The lowest BCUT2D eigenvalue weighted by molar-refractivity contribution is 0.171. The fraction of sp³-hybridized carbons (Fsp3) is 0.130. The van der Waals surface area contributed by atoms with Crippen LogP contribution in [0, 0.1) is 0 Å². The predicted molar refractivity (Wildman–Crippen MR) is 107 cm³/mol. The van der Waals surface area contributed by atoms with Crippen LogP contribution in [0.4, 0.5) is 0 Å². The maximum Gasteiger partial charge on any atom is 0.231 e. The highest BCUT2D eigenvalue weighted by Gasteiger charge is 2.24. The summed E-state index contributed by atoms with van der Waals surface area (Å²) in [5.41, 5.74) is 2.80. The average molecular weight is 376 g/mol.